The molecule has 3 heterocycles. The largest absolute Gasteiger partial charge is 0.348 e. The van der Waals surface area contributed by atoms with Gasteiger partial charge in [-0.15, -0.1) is 22.7 Å². The van der Waals surface area contributed by atoms with E-state index in [0.717, 1.165) is 28.8 Å². The first-order valence-corrected chi connectivity index (χ1v) is 10.5. The third-order valence-corrected chi connectivity index (χ3v) is 7.47. The number of thiazole rings is 1. The lowest BCUT2D eigenvalue weighted by Crippen LogP contribution is -2.25. The van der Waals surface area contributed by atoms with Crippen LogP contribution in [0.1, 0.15) is 23.4 Å². The summed E-state index contributed by atoms with van der Waals surface area (Å²) in [6.07, 6.45) is 3.08. The van der Waals surface area contributed by atoms with Gasteiger partial charge in [-0.2, -0.15) is 0 Å². The number of sulfonamides is 1. The summed E-state index contributed by atoms with van der Waals surface area (Å²) in [5, 5.41) is 3.08. The zero-order chi connectivity index (χ0) is 15.6. The van der Waals surface area contributed by atoms with E-state index in [1.165, 1.54) is 24.2 Å². The highest BCUT2D eigenvalue weighted by Gasteiger charge is 2.17. The normalized spacial score (nSPS) is 15.6. The summed E-state index contributed by atoms with van der Waals surface area (Å²) in [5.74, 6) is 0. The second-order valence-corrected chi connectivity index (χ2v) is 9.45. The Morgan fingerprint density at radius 2 is 2.09 bits per heavy atom. The van der Waals surface area contributed by atoms with Crippen LogP contribution in [0.2, 0.25) is 0 Å². The molecule has 0 amide bonds. The van der Waals surface area contributed by atoms with Crippen molar-refractivity contribution in [2.45, 2.75) is 30.4 Å². The van der Waals surface area contributed by atoms with E-state index in [0.29, 0.717) is 17.2 Å². The lowest BCUT2D eigenvalue weighted by Gasteiger charge is -2.12. The van der Waals surface area contributed by atoms with Crippen molar-refractivity contribution in [1.29, 1.82) is 0 Å². The number of nitrogens with one attached hydrogen (secondary N) is 1. The maximum Gasteiger partial charge on any atom is 0.250 e. The minimum absolute atomic E-state index is 0.376. The molecule has 2 aromatic rings. The van der Waals surface area contributed by atoms with E-state index < -0.39 is 10.0 Å². The number of rotatable bonds is 6. The van der Waals surface area contributed by atoms with Crippen molar-refractivity contribution >= 4 is 37.8 Å². The molecule has 0 radical (unpaired) electrons. The first-order valence-electron chi connectivity index (χ1n) is 7.30. The summed E-state index contributed by atoms with van der Waals surface area (Å²) in [6.45, 7) is 4.44. The predicted octanol–water partition coefficient (Wildman–Crippen LogP) is 2.63. The Morgan fingerprint density at radius 1 is 1.32 bits per heavy atom. The Labute approximate surface area is 139 Å². The van der Waals surface area contributed by atoms with Crippen molar-refractivity contribution < 1.29 is 8.42 Å². The molecule has 1 aliphatic heterocycles. The fraction of sp³-hybridized carbons (Fsp3) is 0.500. The fourth-order valence-corrected chi connectivity index (χ4v) is 5.68. The molecule has 3 rings (SSSR count). The zero-order valence-electron chi connectivity index (χ0n) is 12.4. The molecule has 0 bridgehead atoms. The van der Waals surface area contributed by atoms with Crippen LogP contribution >= 0.6 is 22.7 Å². The van der Waals surface area contributed by atoms with Crippen LogP contribution in [0.4, 0.5) is 5.13 Å². The number of thiophene rings is 1. The quantitative estimate of drug-likeness (QED) is 0.863. The number of nitrogens with zero attached hydrogens (tertiary/aromatic N) is 2. The van der Waals surface area contributed by atoms with Gasteiger partial charge in [0.2, 0.25) is 10.0 Å². The van der Waals surface area contributed by atoms with Crippen molar-refractivity contribution in [3.63, 3.8) is 0 Å². The third kappa shape index (κ3) is 3.68. The molecule has 0 aromatic carbocycles. The molecule has 1 saturated heterocycles. The van der Waals surface area contributed by atoms with E-state index in [-0.39, 0.29) is 0 Å². The van der Waals surface area contributed by atoms with Crippen molar-refractivity contribution in [3.05, 3.63) is 28.1 Å². The summed E-state index contributed by atoms with van der Waals surface area (Å²) in [5.41, 5.74) is 0.956. The molecule has 1 aliphatic rings. The Morgan fingerprint density at radius 3 is 2.77 bits per heavy atom. The number of anilines is 1. The number of aryl methyl sites for hydroxylation is 1. The number of aromatic nitrogens is 1. The fourth-order valence-electron chi connectivity index (χ4n) is 2.41. The molecule has 120 valence electrons. The summed E-state index contributed by atoms with van der Waals surface area (Å²) in [4.78, 5) is 7.89. The van der Waals surface area contributed by atoms with E-state index in [2.05, 4.69) is 14.6 Å². The topological polar surface area (TPSA) is 62.3 Å². The molecule has 8 heteroatoms. The minimum Gasteiger partial charge on any atom is -0.348 e. The lowest BCUT2D eigenvalue weighted by atomic mass is 10.3. The van der Waals surface area contributed by atoms with Crippen LogP contribution in [0.25, 0.3) is 0 Å². The first kappa shape index (κ1) is 15.9. The molecule has 0 spiro atoms. The molecule has 0 atom stereocenters. The van der Waals surface area contributed by atoms with Crippen molar-refractivity contribution in [1.82, 2.24) is 9.71 Å². The van der Waals surface area contributed by atoms with Gasteiger partial charge in [0.1, 0.15) is 4.21 Å². The molecule has 22 heavy (non-hydrogen) atoms. The summed E-state index contributed by atoms with van der Waals surface area (Å²) in [7, 11) is -3.38. The molecular formula is C14H19N3O2S3. The predicted molar refractivity (Wildman–Crippen MR) is 91.5 cm³/mol. The average molecular weight is 358 g/mol. The second-order valence-electron chi connectivity index (χ2n) is 5.33. The number of hydrogen-bond donors (Lipinski definition) is 1. The van der Waals surface area contributed by atoms with Gasteiger partial charge in [-0.3, -0.25) is 0 Å². The van der Waals surface area contributed by atoms with E-state index in [4.69, 9.17) is 0 Å². The van der Waals surface area contributed by atoms with Crippen LogP contribution in [0, 0.1) is 6.92 Å². The van der Waals surface area contributed by atoms with Gasteiger partial charge in [-0.05, 0) is 31.9 Å². The van der Waals surface area contributed by atoms with E-state index in [9.17, 15) is 8.42 Å². The van der Waals surface area contributed by atoms with Crippen molar-refractivity contribution in [2.24, 2.45) is 0 Å². The average Bonchev–Trinajstić information content (AvgIpc) is 3.18. The summed E-state index contributed by atoms with van der Waals surface area (Å²) < 4.78 is 27.3. The van der Waals surface area contributed by atoms with E-state index in [1.807, 2.05) is 18.4 Å². The first-order chi connectivity index (χ1) is 10.5. The third-order valence-electron chi connectivity index (χ3n) is 3.57. The SMILES string of the molecule is Cc1ccc(S(=O)(=O)NCCc2csc(N3CCCC3)n2)s1. The van der Waals surface area contributed by atoms with Gasteiger partial charge in [0, 0.05) is 36.3 Å². The van der Waals surface area contributed by atoms with Crippen LogP contribution in [0.3, 0.4) is 0 Å². The minimum atomic E-state index is -3.38. The molecule has 1 fully saturated rings. The van der Waals surface area contributed by atoms with E-state index >= 15 is 0 Å². The van der Waals surface area contributed by atoms with Crippen LogP contribution in [0.5, 0.6) is 0 Å². The molecular weight excluding hydrogens is 338 g/mol. The molecule has 5 nitrogen and oxygen atoms in total. The van der Waals surface area contributed by atoms with Gasteiger partial charge in [0.05, 0.1) is 5.69 Å². The number of hydrogen-bond acceptors (Lipinski definition) is 6. The molecule has 1 N–H and O–H groups in total. The maximum atomic E-state index is 12.1. The molecule has 0 unspecified atom stereocenters. The van der Waals surface area contributed by atoms with Gasteiger partial charge < -0.3 is 4.90 Å². The Kier molecular flexibility index (Phi) is 4.82. The van der Waals surface area contributed by atoms with Gasteiger partial charge in [-0.1, -0.05) is 0 Å². The summed E-state index contributed by atoms with van der Waals surface area (Å²) in [6, 6.07) is 3.47. The summed E-state index contributed by atoms with van der Waals surface area (Å²) >= 11 is 2.94. The second kappa shape index (κ2) is 6.66. The van der Waals surface area contributed by atoms with Crippen LogP contribution in [0.15, 0.2) is 21.7 Å². The highest BCUT2D eigenvalue weighted by Crippen LogP contribution is 2.24. The molecule has 0 aliphatic carbocycles. The van der Waals surface area contributed by atoms with Gasteiger partial charge in [0.15, 0.2) is 5.13 Å². The maximum absolute atomic E-state index is 12.1. The van der Waals surface area contributed by atoms with Crippen LogP contribution in [-0.4, -0.2) is 33.0 Å². The smallest absolute Gasteiger partial charge is 0.250 e. The van der Waals surface area contributed by atoms with Gasteiger partial charge in [-0.25, -0.2) is 18.1 Å². The molecule has 2 aromatic heterocycles. The molecule has 0 saturated carbocycles. The Balaban J connectivity index is 1.54. The van der Waals surface area contributed by atoms with Gasteiger partial charge in [0.25, 0.3) is 0 Å². The van der Waals surface area contributed by atoms with Crippen molar-refractivity contribution in [2.75, 3.05) is 24.5 Å². The zero-order valence-corrected chi connectivity index (χ0v) is 14.9. The monoisotopic (exact) mass is 357 g/mol. The van der Waals surface area contributed by atoms with E-state index in [1.54, 1.807) is 17.4 Å². The van der Waals surface area contributed by atoms with Crippen LogP contribution in [-0.2, 0) is 16.4 Å². The standard InChI is InChI=1S/C14H19N3O2S3/c1-11-4-5-13(21-11)22(18,19)15-7-6-12-10-20-14(16-12)17-8-2-3-9-17/h4-5,10,15H,2-3,6-9H2,1H3. The highest BCUT2D eigenvalue weighted by atomic mass is 32.2. The van der Waals surface area contributed by atoms with Crippen LogP contribution < -0.4 is 9.62 Å². The lowest BCUT2D eigenvalue weighted by molar-refractivity contribution is 0.583. The van der Waals surface area contributed by atoms with Gasteiger partial charge >= 0.3 is 0 Å². The highest BCUT2D eigenvalue weighted by molar-refractivity contribution is 7.91. The Bertz CT molecular complexity index is 730. The van der Waals surface area contributed by atoms with Crippen molar-refractivity contribution in [3.8, 4) is 0 Å². The Hall–Kier alpha value is -0.960.